The predicted molar refractivity (Wildman–Crippen MR) is 60.8 cm³/mol. The average Bonchev–Trinajstić information content (AvgIpc) is 2.17. The van der Waals surface area contributed by atoms with E-state index >= 15 is 0 Å². The van der Waals surface area contributed by atoms with Crippen molar-refractivity contribution in [3.8, 4) is 0 Å². The predicted octanol–water partition coefficient (Wildman–Crippen LogP) is 0.899. The average molecular weight is 261 g/mol. The fourth-order valence-corrected chi connectivity index (χ4v) is 2.28. The van der Waals surface area contributed by atoms with Crippen molar-refractivity contribution in [3.63, 3.8) is 0 Å². The highest BCUT2D eigenvalue weighted by molar-refractivity contribution is 8.00. The Balaban J connectivity index is 2.84. The Labute approximate surface area is 97.7 Å². The summed E-state index contributed by atoms with van der Waals surface area (Å²) in [6, 6.07) is 5.77. The van der Waals surface area contributed by atoms with Crippen LogP contribution in [0.1, 0.15) is 6.92 Å². The zero-order valence-electron chi connectivity index (χ0n) is 8.45. The van der Waals surface area contributed by atoms with E-state index < -0.39 is 21.2 Å². The number of nitrogens with two attached hydrogens (primary N) is 1. The maximum Gasteiger partial charge on any atom is 0.316 e. The van der Waals surface area contributed by atoms with Gasteiger partial charge in [0.2, 0.25) is 10.0 Å². The molecule has 1 unspecified atom stereocenters. The van der Waals surface area contributed by atoms with Gasteiger partial charge in [-0.2, -0.15) is 0 Å². The molecule has 7 heteroatoms. The third-order valence-corrected chi connectivity index (χ3v) is 3.84. The first-order valence-corrected chi connectivity index (χ1v) is 6.75. The van der Waals surface area contributed by atoms with Crippen molar-refractivity contribution >= 4 is 27.8 Å². The molecule has 1 aromatic rings. The highest BCUT2D eigenvalue weighted by atomic mass is 32.2. The van der Waals surface area contributed by atoms with Crippen molar-refractivity contribution in [2.24, 2.45) is 5.14 Å². The summed E-state index contributed by atoms with van der Waals surface area (Å²) < 4.78 is 21.9. The van der Waals surface area contributed by atoms with E-state index in [1.54, 1.807) is 6.92 Å². The summed E-state index contributed by atoms with van der Waals surface area (Å²) in [6.45, 7) is 1.56. The molecule has 5 nitrogen and oxygen atoms in total. The molecule has 1 aromatic carbocycles. The first-order valence-electron chi connectivity index (χ1n) is 4.33. The van der Waals surface area contributed by atoms with Gasteiger partial charge in [-0.1, -0.05) is 0 Å². The number of carbonyl (C=O) groups is 1. The lowest BCUT2D eigenvalue weighted by Crippen LogP contribution is -2.12. The summed E-state index contributed by atoms with van der Waals surface area (Å²) in [7, 11) is -3.69. The second-order valence-electron chi connectivity index (χ2n) is 3.11. The number of hydrogen-bond donors (Lipinski definition) is 2. The maximum atomic E-state index is 11.0. The first kappa shape index (κ1) is 13.0. The minimum atomic E-state index is -3.69. The Hall–Kier alpha value is -1.05. The van der Waals surface area contributed by atoms with Crippen LogP contribution >= 0.6 is 11.8 Å². The minimum Gasteiger partial charge on any atom is -0.480 e. The molecule has 0 amide bonds. The highest BCUT2D eigenvalue weighted by Crippen LogP contribution is 2.24. The largest absolute Gasteiger partial charge is 0.480 e. The van der Waals surface area contributed by atoms with Gasteiger partial charge in [0, 0.05) is 4.90 Å². The second-order valence-corrected chi connectivity index (χ2v) is 6.09. The Morgan fingerprint density at radius 3 is 2.25 bits per heavy atom. The van der Waals surface area contributed by atoms with Gasteiger partial charge in [-0.3, -0.25) is 4.79 Å². The van der Waals surface area contributed by atoms with E-state index in [0.717, 1.165) is 11.8 Å². The van der Waals surface area contributed by atoms with E-state index in [2.05, 4.69) is 0 Å². The molecule has 0 aliphatic heterocycles. The zero-order valence-corrected chi connectivity index (χ0v) is 10.1. The van der Waals surface area contributed by atoms with Crippen LogP contribution in [0.3, 0.4) is 0 Å². The molecule has 0 radical (unpaired) electrons. The summed E-state index contributed by atoms with van der Waals surface area (Å²) in [4.78, 5) is 11.3. The van der Waals surface area contributed by atoms with Gasteiger partial charge in [0.1, 0.15) is 5.25 Å². The summed E-state index contributed by atoms with van der Waals surface area (Å²) in [6.07, 6.45) is 0. The van der Waals surface area contributed by atoms with E-state index in [1.165, 1.54) is 24.3 Å². The van der Waals surface area contributed by atoms with E-state index in [0.29, 0.717) is 4.90 Å². The van der Waals surface area contributed by atoms with E-state index in [1.807, 2.05) is 0 Å². The standard InChI is InChI=1S/C9H11NO4S2/c1-6(9(11)12)15-7-2-4-8(5-3-7)16(10,13)14/h2-6H,1H3,(H,11,12)(H2,10,13,14). The third kappa shape index (κ3) is 3.51. The quantitative estimate of drug-likeness (QED) is 0.785. The topological polar surface area (TPSA) is 97.5 Å². The summed E-state index contributed by atoms with van der Waals surface area (Å²) >= 11 is 1.14. The normalized spacial score (nSPS) is 13.4. The Kier molecular flexibility index (Phi) is 3.95. The molecule has 0 saturated carbocycles. The molecule has 1 atom stereocenters. The van der Waals surface area contributed by atoms with Crippen molar-refractivity contribution in [2.75, 3.05) is 0 Å². The molecule has 0 heterocycles. The summed E-state index contributed by atoms with van der Waals surface area (Å²) in [5.74, 6) is -0.916. The SMILES string of the molecule is CC(Sc1ccc(S(N)(=O)=O)cc1)C(=O)O. The molecular weight excluding hydrogens is 250 g/mol. The van der Waals surface area contributed by atoms with Crippen molar-refractivity contribution in [1.82, 2.24) is 0 Å². The molecule has 0 spiro atoms. The molecule has 3 N–H and O–H groups in total. The van der Waals surface area contributed by atoms with Crippen LogP contribution in [0.2, 0.25) is 0 Å². The van der Waals surface area contributed by atoms with Crippen molar-refractivity contribution < 1.29 is 18.3 Å². The Morgan fingerprint density at radius 2 is 1.88 bits per heavy atom. The molecule has 0 aliphatic carbocycles. The van der Waals surface area contributed by atoms with Crippen molar-refractivity contribution in [1.29, 1.82) is 0 Å². The van der Waals surface area contributed by atoms with Crippen LogP contribution in [-0.2, 0) is 14.8 Å². The maximum absolute atomic E-state index is 11.0. The molecule has 0 bridgehead atoms. The van der Waals surface area contributed by atoms with Crippen LogP contribution in [0.4, 0.5) is 0 Å². The van der Waals surface area contributed by atoms with Gasteiger partial charge in [-0.15, -0.1) is 11.8 Å². The molecule has 0 fully saturated rings. The summed E-state index contributed by atoms with van der Waals surface area (Å²) in [5.41, 5.74) is 0. The van der Waals surface area contributed by atoms with Gasteiger partial charge in [-0.25, -0.2) is 13.6 Å². The van der Waals surface area contributed by atoms with E-state index in [-0.39, 0.29) is 4.90 Å². The molecule has 1 rings (SSSR count). The molecule has 88 valence electrons. The molecular formula is C9H11NO4S2. The number of rotatable bonds is 4. The lowest BCUT2D eigenvalue weighted by molar-refractivity contribution is -0.136. The first-order chi connectivity index (χ1) is 7.30. The molecule has 16 heavy (non-hydrogen) atoms. The number of benzene rings is 1. The third-order valence-electron chi connectivity index (χ3n) is 1.81. The molecule has 0 saturated heterocycles. The molecule has 0 aliphatic rings. The number of aliphatic carboxylic acids is 1. The minimum absolute atomic E-state index is 0.0137. The van der Waals surface area contributed by atoms with Crippen molar-refractivity contribution in [2.45, 2.75) is 22.0 Å². The van der Waals surface area contributed by atoms with Crippen LogP contribution in [0, 0.1) is 0 Å². The lowest BCUT2D eigenvalue weighted by Gasteiger charge is -2.06. The lowest BCUT2D eigenvalue weighted by atomic mass is 10.4. The van der Waals surface area contributed by atoms with Gasteiger partial charge >= 0.3 is 5.97 Å². The number of thioether (sulfide) groups is 1. The summed E-state index contributed by atoms with van der Waals surface area (Å²) in [5, 5.41) is 13.0. The van der Waals surface area contributed by atoms with Gasteiger partial charge < -0.3 is 5.11 Å². The van der Waals surface area contributed by atoms with Gasteiger partial charge in [0.25, 0.3) is 0 Å². The Morgan fingerprint density at radius 1 is 1.38 bits per heavy atom. The second kappa shape index (κ2) is 4.86. The fourth-order valence-electron chi connectivity index (χ4n) is 0.962. The van der Waals surface area contributed by atoms with Crippen LogP contribution in [0.15, 0.2) is 34.1 Å². The van der Waals surface area contributed by atoms with Gasteiger partial charge in [0.05, 0.1) is 4.90 Å². The van der Waals surface area contributed by atoms with Crippen LogP contribution in [0.5, 0.6) is 0 Å². The van der Waals surface area contributed by atoms with Crippen molar-refractivity contribution in [3.05, 3.63) is 24.3 Å². The number of carboxylic acid groups (broad SMARTS) is 1. The van der Waals surface area contributed by atoms with Crippen LogP contribution in [-0.4, -0.2) is 24.7 Å². The zero-order chi connectivity index (χ0) is 12.3. The number of hydrogen-bond acceptors (Lipinski definition) is 4. The number of primary sulfonamides is 1. The van der Waals surface area contributed by atoms with Gasteiger partial charge in [0.15, 0.2) is 0 Å². The Bertz CT molecular complexity index is 481. The van der Waals surface area contributed by atoms with Crippen LogP contribution < -0.4 is 5.14 Å². The number of sulfonamides is 1. The monoisotopic (exact) mass is 261 g/mol. The smallest absolute Gasteiger partial charge is 0.316 e. The van der Waals surface area contributed by atoms with Crippen LogP contribution in [0.25, 0.3) is 0 Å². The van der Waals surface area contributed by atoms with E-state index in [4.69, 9.17) is 10.2 Å². The molecule has 0 aromatic heterocycles. The fraction of sp³-hybridized carbons (Fsp3) is 0.222. The van der Waals surface area contributed by atoms with E-state index in [9.17, 15) is 13.2 Å². The number of carboxylic acids is 1. The van der Waals surface area contributed by atoms with Gasteiger partial charge in [-0.05, 0) is 31.2 Å². The highest BCUT2D eigenvalue weighted by Gasteiger charge is 2.13.